The van der Waals surface area contributed by atoms with Crippen LogP contribution in [0.3, 0.4) is 0 Å². The first-order valence-electron chi connectivity index (χ1n) is 5.79. The Bertz CT molecular complexity index is 318. The largest absolute Gasteiger partial charge is 0.330 e. The van der Waals surface area contributed by atoms with E-state index in [0.717, 1.165) is 19.5 Å². The molecule has 1 aromatic rings. The molecule has 4 nitrogen and oxygen atoms in total. The number of nitrogens with two attached hydrogens (primary N) is 1. The molecular formula is C11H20N4. The fourth-order valence-corrected chi connectivity index (χ4v) is 2.16. The molecule has 0 aliphatic heterocycles. The number of nitrogens with zero attached hydrogens (tertiary/aromatic N) is 1. The van der Waals surface area contributed by atoms with E-state index in [0.29, 0.717) is 6.04 Å². The Morgan fingerprint density at radius 2 is 2.40 bits per heavy atom. The summed E-state index contributed by atoms with van der Waals surface area (Å²) < 4.78 is 0. The first kappa shape index (κ1) is 10.6. The van der Waals surface area contributed by atoms with Gasteiger partial charge in [-0.05, 0) is 44.7 Å². The summed E-state index contributed by atoms with van der Waals surface area (Å²) in [6, 6.07) is 0.476. The topological polar surface area (TPSA) is 66.7 Å². The minimum Gasteiger partial charge on any atom is -0.330 e. The van der Waals surface area contributed by atoms with Crippen molar-refractivity contribution >= 4 is 0 Å². The van der Waals surface area contributed by atoms with Gasteiger partial charge in [0.25, 0.3) is 0 Å². The molecule has 1 aliphatic rings. The van der Waals surface area contributed by atoms with Crippen LogP contribution in [-0.4, -0.2) is 22.8 Å². The van der Waals surface area contributed by atoms with E-state index in [1.807, 2.05) is 0 Å². The highest BCUT2D eigenvalue weighted by molar-refractivity contribution is 5.29. The van der Waals surface area contributed by atoms with Crippen LogP contribution < -0.4 is 11.1 Å². The molecule has 4 N–H and O–H groups in total. The van der Waals surface area contributed by atoms with E-state index in [1.54, 1.807) is 0 Å². The third-order valence-electron chi connectivity index (χ3n) is 3.11. The molecule has 2 rings (SSSR count). The van der Waals surface area contributed by atoms with Crippen LogP contribution in [0.25, 0.3) is 0 Å². The summed E-state index contributed by atoms with van der Waals surface area (Å²) in [4.78, 5) is 0. The van der Waals surface area contributed by atoms with Crippen molar-refractivity contribution in [2.75, 3.05) is 6.54 Å². The molecule has 0 amide bonds. The van der Waals surface area contributed by atoms with Crippen LogP contribution in [0.4, 0.5) is 0 Å². The second kappa shape index (κ2) is 4.77. The Hall–Kier alpha value is -0.870. The van der Waals surface area contributed by atoms with Gasteiger partial charge in [0.05, 0.1) is 5.69 Å². The Morgan fingerprint density at radius 3 is 3.20 bits per heavy atom. The Labute approximate surface area is 90.6 Å². The maximum Gasteiger partial charge on any atom is 0.0794 e. The van der Waals surface area contributed by atoms with E-state index in [-0.39, 0.29) is 0 Å². The SMILES string of the molecule is CC(CCN)NCc1n[nH]c2c1CCC2. The highest BCUT2D eigenvalue weighted by atomic mass is 15.1. The summed E-state index contributed by atoms with van der Waals surface area (Å²) in [5.74, 6) is 0. The van der Waals surface area contributed by atoms with Crippen molar-refractivity contribution < 1.29 is 0 Å². The lowest BCUT2D eigenvalue weighted by atomic mass is 10.2. The fourth-order valence-electron chi connectivity index (χ4n) is 2.16. The normalized spacial score (nSPS) is 16.7. The first-order valence-corrected chi connectivity index (χ1v) is 5.79. The zero-order valence-corrected chi connectivity index (χ0v) is 9.34. The summed E-state index contributed by atoms with van der Waals surface area (Å²) in [5, 5.41) is 10.9. The van der Waals surface area contributed by atoms with Gasteiger partial charge in [-0.25, -0.2) is 0 Å². The molecule has 0 bridgehead atoms. The van der Waals surface area contributed by atoms with Crippen molar-refractivity contribution in [2.24, 2.45) is 5.73 Å². The Balaban J connectivity index is 1.88. The average molecular weight is 208 g/mol. The Morgan fingerprint density at radius 1 is 1.53 bits per heavy atom. The van der Waals surface area contributed by atoms with Gasteiger partial charge in [0.2, 0.25) is 0 Å². The standard InChI is InChI=1S/C11H20N4/c1-8(5-6-12)13-7-11-9-3-2-4-10(9)14-15-11/h8,13H,2-7,12H2,1H3,(H,14,15). The Kier molecular flexibility index (Phi) is 3.38. The first-order chi connectivity index (χ1) is 7.31. The molecule has 0 radical (unpaired) electrons. The van der Waals surface area contributed by atoms with Crippen LogP contribution in [0, 0.1) is 0 Å². The predicted molar refractivity (Wildman–Crippen MR) is 60.6 cm³/mol. The zero-order valence-electron chi connectivity index (χ0n) is 9.34. The maximum absolute atomic E-state index is 5.51. The van der Waals surface area contributed by atoms with Crippen molar-refractivity contribution in [3.63, 3.8) is 0 Å². The van der Waals surface area contributed by atoms with Gasteiger partial charge in [0.15, 0.2) is 0 Å². The van der Waals surface area contributed by atoms with Gasteiger partial charge in [0.1, 0.15) is 0 Å². The van der Waals surface area contributed by atoms with E-state index < -0.39 is 0 Å². The van der Waals surface area contributed by atoms with Crippen LogP contribution in [-0.2, 0) is 19.4 Å². The van der Waals surface area contributed by atoms with Gasteiger partial charge >= 0.3 is 0 Å². The van der Waals surface area contributed by atoms with Crippen LogP contribution in [0.5, 0.6) is 0 Å². The number of nitrogens with one attached hydrogen (secondary N) is 2. The molecule has 84 valence electrons. The lowest BCUT2D eigenvalue weighted by molar-refractivity contribution is 0.513. The number of aromatic amines is 1. The van der Waals surface area contributed by atoms with Crippen LogP contribution >= 0.6 is 0 Å². The van der Waals surface area contributed by atoms with E-state index in [2.05, 4.69) is 22.4 Å². The summed E-state index contributed by atoms with van der Waals surface area (Å²) in [6.07, 6.45) is 4.65. The minimum atomic E-state index is 0.476. The smallest absolute Gasteiger partial charge is 0.0794 e. The molecule has 0 aromatic carbocycles. The number of aromatic nitrogens is 2. The molecule has 4 heteroatoms. The predicted octanol–water partition coefficient (Wildman–Crippen LogP) is 0.725. The van der Waals surface area contributed by atoms with Crippen molar-refractivity contribution in [1.82, 2.24) is 15.5 Å². The average Bonchev–Trinajstić information content (AvgIpc) is 2.77. The number of H-pyrrole nitrogens is 1. The zero-order chi connectivity index (χ0) is 10.7. The summed E-state index contributed by atoms with van der Waals surface area (Å²) >= 11 is 0. The van der Waals surface area contributed by atoms with Crippen LogP contribution in [0.1, 0.15) is 36.7 Å². The molecule has 1 aromatic heterocycles. The van der Waals surface area contributed by atoms with Crippen molar-refractivity contribution in [2.45, 2.75) is 45.2 Å². The van der Waals surface area contributed by atoms with E-state index in [9.17, 15) is 0 Å². The monoisotopic (exact) mass is 208 g/mol. The molecule has 0 spiro atoms. The highest BCUT2D eigenvalue weighted by Gasteiger charge is 2.18. The molecule has 15 heavy (non-hydrogen) atoms. The molecule has 1 atom stereocenters. The number of hydrogen-bond donors (Lipinski definition) is 3. The molecule has 1 heterocycles. The molecule has 0 saturated heterocycles. The minimum absolute atomic E-state index is 0.476. The number of rotatable bonds is 5. The third-order valence-corrected chi connectivity index (χ3v) is 3.11. The van der Waals surface area contributed by atoms with Crippen LogP contribution in [0.15, 0.2) is 0 Å². The molecule has 1 aliphatic carbocycles. The number of fused-ring (bicyclic) bond motifs is 1. The second-order valence-electron chi connectivity index (χ2n) is 4.34. The highest BCUT2D eigenvalue weighted by Crippen LogP contribution is 2.22. The maximum atomic E-state index is 5.51. The van der Waals surface area contributed by atoms with Gasteiger partial charge in [-0.1, -0.05) is 0 Å². The quantitative estimate of drug-likeness (QED) is 0.668. The van der Waals surface area contributed by atoms with Gasteiger partial charge in [-0.15, -0.1) is 0 Å². The summed E-state index contributed by atoms with van der Waals surface area (Å²) in [7, 11) is 0. The van der Waals surface area contributed by atoms with E-state index in [1.165, 1.54) is 36.2 Å². The van der Waals surface area contributed by atoms with Gasteiger partial charge in [0, 0.05) is 18.3 Å². The van der Waals surface area contributed by atoms with E-state index >= 15 is 0 Å². The lowest BCUT2D eigenvalue weighted by Crippen LogP contribution is -2.28. The molecule has 0 fully saturated rings. The summed E-state index contributed by atoms with van der Waals surface area (Å²) in [6.45, 7) is 3.78. The van der Waals surface area contributed by atoms with Gasteiger partial charge in [-0.3, -0.25) is 5.10 Å². The molecule has 1 unspecified atom stereocenters. The van der Waals surface area contributed by atoms with E-state index in [4.69, 9.17) is 5.73 Å². The van der Waals surface area contributed by atoms with Gasteiger partial charge < -0.3 is 11.1 Å². The van der Waals surface area contributed by atoms with Crippen LogP contribution in [0.2, 0.25) is 0 Å². The van der Waals surface area contributed by atoms with Crippen molar-refractivity contribution in [1.29, 1.82) is 0 Å². The molecular weight excluding hydrogens is 188 g/mol. The molecule has 0 saturated carbocycles. The van der Waals surface area contributed by atoms with Crippen molar-refractivity contribution in [3.8, 4) is 0 Å². The van der Waals surface area contributed by atoms with Gasteiger partial charge in [-0.2, -0.15) is 5.10 Å². The summed E-state index contributed by atoms with van der Waals surface area (Å²) in [5.41, 5.74) is 9.50. The third kappa shape index (κ3) is 2.38. The number of aryl methyl sites for hydroxylation is 1. The lowest BCUT2D eigenvalue weighted by Gasteiger charge is -2.11. The second-order valence-corrected chi connectivity index (χ2v) is 4.34. The number of hydrogen-bond acceptors (Lipinski definition) is 3. The van der Waals surface area contributed by atoms with Crippen molar-refractivity contribution in [3.05, 3.63) is 17.0 Å². The fraction of sp³-hybridized carbons (Fsp3) is 0.727.